The van der Waals surface area contributed by atoms with Gasteiger partial charge in [0, 0.05) is 37.9 Å². The number of hydrogen-bond donors (Lipinski definition) is 0. The maximum absolute atomic E-state index is 9.17. The summed E-state index contributed by atoms with van der Waals surface area (Å²) in [6.07, 6.45) is 0. The largest absolute Gasteiger partial charge is 0.309 e. The van der Waals surface area contributed by atoms with Gasteiger partial charge in [0.25, 0.3) is 0 Å². The van der Waals surface area contributed by atoms with E-state index in [-0.39, 0.29) is 71.6 Å². The van der Waals surface area contributed by atoms with Crippen molar-refractivity contribution in [2.45, 2.75) is 0 Å². The van der Waals surface area contributed by atoms with Crippen LogP contribution in [0.3, 0.4) is 0 Å². The van der Waals surface area contributed by atoms with Gasteiger partial charge in [-0.1, -0.05) is 121 Å². The zero-order chi connectivity index (χ0) is 40.4. The minimum atomic E-state index is -0.385. The molecule has 0 amide bonds. The van der Waals surface area contributed by atoms with Crippen LogP contribution < -0.4 is 0 Å². The van der Waals surface area contributed by atoms with Gasteiger partial charge < -0.3 is 4.57 Å². The molecule has 51 heavy (non-hydrogen) atoms. The molecule has 0 atom stereocenters. The van der Waals surface area contributed by atoms with Crippen molar-refractivity contribution in [2.24, 2.45) is 0 Å². The van der Waals surface area contributed by atoms with Crippen molar-refractivity contribution in [1.82, 2.24) is 28.7 Å². The van der Waals surface area contributed by atoms with Gasteiger partial charge in [0.2, 0.25) is 11.9 Å². The van der Waals surface area contributed by atoms with Gasteiger partial charge in [-0.3, -0.25) is 9.13 Å². The molecule has 0 aliphatic heterocycles. The van der Waals surface area contributed by atoms with E-state index in [0.717, 1.165) is 21.8 Å². The fourth-order valence-corrected chi connectivity index (χ4v) is 7.47. The first kappa shape index (κ1) is 21.1. The molecule has 0 saturated heterocycles. The molecule has 0 bridgehead atoms. The van der Waals surface area contributed by atoms with Crippen LogP contribution in [-0.2, 0) is 0 Å². The summed E-state index contributed by atoms with van der Waals surface area (Å²) in [5, 5.41) is 3.96. The van der Waals surface area contributed by atoms with Gasteiger partial charge in [-0.05, 0) is 48.5 Å². The third-order valence-corrected chi connectivity index (χ3v) is 9.59. The fraction of sp³-hybridized carbons (Fsp3) is 0. The van der Waals surface area contributed by atoms with Crippen molar-refractivity contribution >= 4 is 65.4 Å². The molecule has 0 spiro atoms. The Morgan fingerprint density at radius 2 is 0.745 bits per heavy atom. The maximum Gasteiger partial charge on any atom is 0.240 e. The summed E-state index contributed by atoms with van der Waals surface area (Å²) in [6, 6.07) is 36.0. The lowest BCUT2D eigenvalue weighted by Gasteiger charge is -2.16. The highest BCUT2D eigenvalue weighted by Crippen LogP contribution is 2.37. The smallest absolute Gasteiger partial charge is 0.240 e. The molecule has 4 aromatic heterocycles. The number of hydrogen-bond acceptors (Lipinski definition) is 3. The minimum Gasteiger partial charge on any atom is -0.309 e. The first-order valence-corrected chi connectivity index (χ1v) is 16.5. The Hall–Kier alpha value is -7.05. The van der Waals surface area contributed by atoms with Gasteiger partial charge in [-0.25, -0.2) is 0 Å². The molecular formula is C45H28N6. The summed E-state index contributed by atoms with van der Waals surface area (Å²) in [5.74, 6) is 0.594. The van der Waals surface area contributed by atoms with Gasteiger partial charge in [0.1, 0.15) is 0 Å². The fourth-order valence-electron chi connectivity index (χ4n) is 7.47. The van der Waals surface area contributed by atoms with E-state index >= 15 is 0 Å². The average molecular weight is 661 g/mol. The molecule has 7 aromatic carbocycles. The third kappa shape index (κ3) is 4.01. The highest BCUT2D eigenvalue weighted by molar-refractivity contribution is 6.11. The Kier molecular flexibility index (Phi) is 4.44. The molecule has 11 rings (SSSR count). The van der Waals surface area contributed by atoms with Crippen molar-refractivity contribution in [1.29, 1.82) is 0 Å². The summed E-state index contributed by atoms with van der Waals surface area (Å²) in [6.45, 7) is 0. The number of fused-ring (bicyclic) bond motifs is 9. The van der Waals surface area contributed by atoms with Gasteiger partial charge >= 0.3 is 0 Å². The summed E-state index contributed by atoms with van der Waals surface area (Å²) in [5.41, 5.74) is 4.52. The molecule has 0 aliphatic rings. The van der Waals surface area contributed by atoms with Crippen molar-refractivity contribution in [3.8, 4) is 29.0 Å². The minimum absolute atomic E-state index is 0.113. The first-order chi connectivity index (χ1) is 28.7. The normalized spacial score (nSPS) is 14.1. The maximum atomic E-state index is 9.17. The number of benzene rings is 7. The molecule has 0 saturated carbocycles. The number of rotatable bonds is 4. The standard InChI is InChI=1S/C45H28N6/c1-8-22-36-29(15-1)30-16-2-9-23-37(30)49(36)42-28-14-7-21-35(42)43-46-44(50-38-24-10-3-17-31(38)32-18-4-11-25-39(32)50)48-45(47-43)51-40-26-12-5-19-33(40)34-20-6-13-27-41(34)51/h1-28H/i1D,3D,8D,10D,15D,17D,22D,24D. The molecule has 4 heterocycles. The Morgan fingerprint density at radius 3 is 1.29 bits per heavy atom. The molecule has 0 unspecified atom stereocenters. The topological polar surface area (TPSA) is 53.5 Å². The van der Waals surface area contributed by atoms with Gasteiger partial charge in [-0.15, -0.1) is 0 Å². The lowest BCUT2D eigenvalue weighted by molar-refractivity contribution is 0.892. The Balaban J connectivity index is 1.30. The molecular weight excluding hydrogens is 625 g/mol. The predicted molar refractivity (Wildman–Crippen MR) is 208 cm³/mol. The summed E-state index contributed by atoms with van der Waals surface area (Å²) >= 11 is 0. The Labute approximate surface area is 303 Å². The highest BCUT2D eigenvalue weighted by Gasteiger charge is 2.22. The van der Waals surface area contributed by atoms with Crippen molar-refractivity contribution in [3.05, 3.63) is 170 Å². The van der Waals surface area contributed by atoms with Crippen LogP contribution in [0.4, 0.5) is 0 Å². The van der Waals surface area contributed by atoms with E-state index in [4.69, 9.17) is 24.5 Å². The van der Waals surface area contributed by atoms with E-state index in [9.17, 15) is 1.37 Å². The molecule has 6 heteroatoms. The number of nitrogens with zero attached hydrogens (tertiary/aromatic N) is 6. The van der Waals surface area contributed by atoms with Crippen LogP contribution in [0.1, 0.15) is 11.0 Å². The Morgan fingerprint density at radius 1 is 0.353 bits per heavy atom. The quantitative estimate of drug-likeness (QED) is 0.189. The highest BCUT2D eigenvalue weighted by atomic mass is 15.3. The van der Waals surface area contributed by atoms with E-state index in [1.54, 1.807) is 4.57 Å². The van der Waals surface area contributed by atoms with Crippen LogP contribution >= 0.6 is 0 Å². The zero-order valence-corrected chi connectivity index (χ0v) is 26.7. The zero-order valence-electron chi connectivity index (χ0n) is 34.7. The molecule has 238 valence electrons. The summed E-state index contributed by atoms with van der Waals surface area (Å²) < 4.78 is 76.1. The molecule has 11 aromatic rings. The molecule has 0 fully saturated rings. The number of para-hydroxylation sites is 7. The second-order valence-corrected chi connectivity index (χ2v) is 12.3. The Bertz CT molecular complexity index is 3570. The van der Waals surface area contributed by atoms with Gasteiger partial charge in [0.05, 0.1) is 49.8 Å². The van der Waals surface area contributed by atoms with Crippen LogP contribution in [0.25, 0.3) is 94.4 Å². The van der Waals surface area contributed by atoms with Crippen LogP contribution in [0.15, 0.2) is 170 Å². The van der Waals surface area contributed by atoms with Crippen LogP contribution in [0.2, 0.25) is 0 Å². The van der Waals surface area contributed by atoms with Crippen LogP contribution in [0.5, 0.6) is 0 Å². The SMILES string of the molecule is [2H]c1c([2H])c([2H])c2c(c1[2H])c1ccccc1n2-c1nc(-c2ccccc2-n2c3ccccc3c3c([2H])c([2H])c([2H])c([2H])c32)nc(-n2c3ccccc3c3ccccc32)n1. The van der Waals surface area contributed by atoms with Crippen LogP contribution in [-0.4, -0.2) is 28.7 Å². The lowest BCUT2D eigenvalue weighted by atomic mass is 10.1. The number of aromatic nitrogens is 6. The predicted octanol–water partition coefficient (Wildman–Crippen LogP) is 10.8. The monoisotopic (exact) mass is 660 g/mol. The van der Waals surface area contributed by atoms with Crippen LogP contribution in [0, 0.1) is 0 Å². The third-order valence-electron chi connectivity index (χ3n) is 9.59. The van der Waals surface area contributed by atoms with E-state index in [1.807, 2.05) is 130 Å². The summed E-state index contributed by atoms with van der Waals surface area (Å²) in [7, 11) is 0. The molecule has 0 N–H and O–H groups in total. The molecule has 6 nitrogen and oxygen atoms in total. The van der Waals surface area contributed by atoms with Gasteiger partial charge in [0.15, 0.2) is 5.82 Å². The lowest BCUT2D eigenvalue weighted by Crippen LogP contribution is -2.11. The molecule has 0 aliphatic carbocycles. The van der Waals surface area contributed by atoms with E-state index < -0.39 is 0 Å². The first-order valence-electron chi connectivity index (χ1n) is 20.5. The summed E-state index contributed by atoms with van der Waals surface area (Å²) in [4.78, 5) is 15.5. The van der Waals surface area contributed by atoms with E-state index in [2.05, 4.69) is 0 Å². The average Bonchev–Trinajstić information content (AvgIpc) is 3.92. The van der Waals surface area contributed by atoms with E-state index in [1.165, 1.54) is 0 Å². The van der Waals surface area contributed by atoms with Crippen molar-refractivity contribution < 1.29 is 11.0 Å². The van der Waals surface area contributed by atoms with Crippen molar-refractivity contribution in [3.63, 3.8) is 0 Å². The van der Waals surface area contributed by atoms with E-state index in [0.29, 0.717) is 49.3 Å². The van der Waals surface area contributed by atoms with Gasteiger partial charge in [-0.2, -0.15) is 15.0 Å². The van der Waals surface area contributed by atoms with Crippen molar-refractivity contribution in [2.75, 3.05) is 0 Å². The molecule has 0 radical (unpaired) electrons. The second-order valence-electron chi connectivity index (χ2n) is 12.3. The second kappa shape index (κ2) is 10.7.